The van der Waals surface area contributed by atoms with E-state index in [0.29, 0.717) is 27.8 Å². The summed E-state index contributed by atoms with van der Waals surface area (Å²) in [6, 6.07) is 9.56. The number of benzene rings is 2. The van der Waals surface area contributed by atoms with Crippen LogP contribution in [0.5, 0.6) is 5.75 Å². The molecule has 0 atom stereocenters. The van der Waals surface area contributed by atoms with Crippen molar-refractivity contribution in [1.29, 1.82) is 0 Å². The maximum Gasteiger partial charge on any atom is 0.148 e. The Labute approximate surface area is 109 Å². The van der Waals surface area contributed by atoms with Crippen LogP contribution in [-0.2, 0) is 0 Å². The highest BCUT2D eigenvalue weighted by atomic mass is 35.5. The van der Waals surface area contributed by atoms with Crippen LogP contribution < -0.4 is 15.8 Å². The van der Waals surface area contributed by atoms with Gasteiger partial charge < -0.3 is 15.8 Å². The number of anilines is 3. The minimum Gasteiger partial charge on any atom is -0.495 e. The highest BCUT2D eigenvalue weighted by Crippen LogP contribution is 2.28. The molecule has 2 aromatic rings. The van der Waals surface area contributed by atoms with E-state index in [0.717, 1.165) is 0 Å². The van der Waals surface area contributed by atoms with Crippen LogP contribution in [0.1, 0.15) is 0 Å². The predicted octanol–water partition coefficient (Wildman–Crippen LogP) is 3.81. The number of ether oxygens (including phenoxy) is 1. The summed E-state index contributed by atoms with van der Waals surface area (Å²) < 4.78 is 18.7. The third kappa shape index (κ3) is 2.65. The largest absolute Gasteiger partial charge is 0.495 e. The lowest BCUT2D eigenvalue weighted by Crippen LogP contribution is -1.96. The Morgan fingerprint density at radius 2 is 2.00 bits per heavy atom. The van der Waals surface area contributed by atoms with Gasteiger partial charge in [-0.1, -0.05) is 11.6 Å². The van der Waals surface area contributed by atoms with E-state index in [9.17, 15) is 4.39 Å². The summed E-state index contributed by atoms with van der Waals surface area (Å²) in [6.07, 6.45) is 0. The lowest BCUT2D eigenvalue weighted by Gasteiger charge is -2.10. The van der Waals surface area contributed by atoms with Crippen molar-refractivity contribution in [3.8, 4) is 5.75 Å². The molecule has 0 aliphatic rings. The predicted molar refractivity (Wildman–Crippen MR) is 72.1 cm³/mol. The van der Waals surface area contributed by atoms with Crippen LogP contribution in [0.2, 0.25) is 5.02 Å². The SMILES string of the molecule is COc1cc(Nc2ccc(Cl)cc2F)ccc1N. The number of hydrogen-bond acceptors (Lipinski definition) is 3. The number of nitrogens with one attached hydrogen (secondary N) is 1. The molecule has 0 fully saturated rings. The molecule has 0 saturated heterocycles. The zero-order valence-electron chi connectivity index (χ0n) is 9.71. The molecule has 0 aliphatic carbocycles. The number of halogens is 2. The maximum absolute atomic E-state index is 13.6. The van der Waals surface area contributed by atoms with Crippen LogP contribution in [0.4, 0.5) is 21.5 Å². The van der Waals surface area contributed by atoms with Gasteiger partial charge in [0.25, 0.3) is 0 Å². The fourth-order valence-electron chi connectivity index (χ4n) is 1.54. The van der Waals surface area contributed by atoms with E-state index in [1.54, 1.807) is 30.3 Å². The number of nitrogens with two attached hydrogens (primary N) is 1. The third-order valence-corrected chi connectivity index (χ3v) is 2.68. The van der Waals surface area contributed by atoms with Crippen LogP contribution in [0, 0.1) is 5.82 Å². The van der Waals surface area contributed by atoms with Crippen molar-refractivity contribution >= 4 is 28.7 Å². The molecule has 3 N–H and O–H groups in total. The highest BCUT2D eigenvalue weighted by molar-refractivity contribution is 6.30. The van der Waals surface area contributed by atoms with Crippen LogP contribution in [-0.4, -0.2) is 7.11 Å². The summed E-state index contributed by atoms with van der Waals surface area (Å²) in [5, 5.41) is 3.29. The lowest BCUT2D eigenvalue weighted by atomic mass is 10.2. The molecule has 0 unspecified atom stereocenters. The molecule has 0 aromatic heterocycles. The minimum absolute atomic E-state index is 0.339. The zero-order chi connectivity index (χ0) is 13.1. The van der Waals surface area contributed by atoms with Crippen molar-refractivity contribution in [2.45, 2.75) is 0 Å². The second-order valence-corrected chi connectivity index (χ2v) is 4.14. The standard InChI is InChI=1S/C13H12ClFN2O/c1-18-13-7-9(3-4-11(13)16)17-12-5-2-8(14)6-10(12)15/h2-7,17H,16H2,1H3. The molecule has 0 aliphatic heterocycles. The average molecular weight is 267 g/mol. The molecule has 0 saturated carbocycles. The fraction of sp³-hybridized carbons (Fsp3) is 0.0769. The first-order valence-electron chi connectivity index (χ1n) is 5.26. The van der Waals surface area contributed by atoms with Crippen molar-refractivity contribution in [1.82, 2.24) is 0 Å². The quantitative estimate of drug-likeness (QED) is 0.831. The number of methoxy groups -OCH3 is 1. The Morgan fingerprint density at radius 3 is 2.67 bits per heavy atom. The van der Waals surface area contributed by atoms with Crippen molar-refractivity contribution in [2.75, 3.05) is 18.2 Å². The van der Waals surface area contributed by atoms with Gasteiger partial charge in [0, 0.05) is 16.8 Å². The highest BCUT2D eigenvalue weighted by Gasteiger charge is 2.05. The Morgan fingerprint density at radius 1 is 1.22 bits per heavy atom. The Hall–Kier alpha value is -1.94. The molecule has 2 rings (SSSR count). The number of rotatable bonds is 3. The van der Waals surface area contributed by atoms with E-state index in [-0.39, 0.29) is 0 Å². The summed E-state index contributed by atoms with van der Waals surface area (Å²) in [5.74, 6) is 0.118. The van der Waals surface area contributed by atoms with Gasteiger partial charge in [0.05, 0.1) is 18.5 Å². The van der Waals surface area contributed by atoms with Crippen molar-refractivity contribution in [3.05, 3.63) is 47.2 Å². The topological polar surface area (TPSA) is 47.3 Å². The van der Waals surface area contributed by atoms with Crippen molar-refractivity contribution in [2.24, 2.45) is 0 Å². The summed E-state index contributed by atoms with van der Waals surface area (Å²) in [7, 11) is 1.53. The van der Waals surface area contributed by atoms with Gasteiger partial charge in [-0.05, 0) is 30.3 Å². The smallest absolute Gasteiger partial charge is 0.148 e. The molecular weight excluding hydrogens is 255 g/mol. The Balaban J connectivity index is 2.28. The van der Waals surface area contributed by atoms with Crippen LogP contribution in [0.25, 0.3) is 0 Å². The molecule has 0 spiro atoms. The van der Waals surface area contributed by atoms with Crippen LogP contribution in [0.3, 0.4) is 0 Å². The van der Waals surface area contributed by atoms with E-state index in [1.165, 1.54) is 13.2 Å². The first-order chi connectivity index (χ1) is 8.60. The van der Waals surface area contributed by atoms with Gasteiger partial charge in [-0.3, -0.25) is 0 Å². The monoisotopic (exact) mass is 266 g/mol. The lowest BCUT2D eigenvalue weighted by molar-refractivity contribution is 0.417. The van der Waals surface area contributed by atoms with Gasteiger partial charge in [0.2, 0.25) is 0 Å². The molecular formula is C13H12ClFN2O. The molecule has 2 aromatic carbocycles. The molecule has 0 heterocycles. The van der Waals surface area contributed by atoms with Crippen molar-refractivity contribution in [3.63, 3.8) is 0 Å². The Bertz CT molecular complexity index is 575. The molecule has 5 heteroatoms. The molecule has 0 radical (unpaired) electrons. The zero-order valence-corrected chi connectivity index (χ0v) is 10.5. The summed E-state index contributed by atoms with van der Waals surface area (Å²) in [4.78, 5) is 0. The van der Waals surface area contributed by atoms with Gasteiger partial charge in [0.15, 0.2) is 0 Å². The van der Waals surface area contributed by atoms with Crippen LogP contribution in [0.15, 0.2) is 36.4 Å². The van der Waals surface area contributed by atoms with Crippen LogP contribution >= 0.6 is 11.6 Å². The second-order valence-electron chi connectivity index (χ2n) is 3.71. The van der Waals surface area contributed by atoms with E-state index in [1.807, 2.05) is 0 Å². The Kier molecular flexibility index (Phi) is 3.58. The summed E-state index contributed by atoms with van der Waals surface area (Å²) in [6.45, 7) is 0. The van der Waals surface area contributed by atoms with Gasteiger partial charge in [0.1, 0.15) is 11.6 Å². The first kappa shape index (κ1) is 12.5. The average Bonchev–Trinajstić information content (AvgIpc) is 2.35. The molecule has 94 valence electrons. The molecule has 0 bridgehead atoms. The second kappa shape index (κ2) is 5.14. The van der Waals surface area contributed by atoms with Gasteiger partial charge in [-0.15, -0.1) is 0 Å². The van der Waals surface area contributed by atoms with E-state index in [2.05, 4.69) is 5.32 Å². The van der Waals surface area contributed by atoms with E-state index < -0.39 is 5.82 Å². The third-order valence-electron chi connectivity index (χ3n) is 2.44. The van der Waals surface area contributed by atoms with E-state index in [4.69, 9.17) is 22.1 Å². The molecule has 0 amide bonds. The van der Waals surface area contributed by atoms with Crippen molar-refractivity contribution < 1.29 is 9.13 Å². The van der Waals surface area contributed by atoms with Gasteiger partial charge in [-0.25, -0.2) is 4.39 Å². The van der Waals surface area contributed by atoms with E-state index >= 15 is 0 Å². The fourth-order valence-corrected chi connectivity index (χ4v) is 1.69. The first-order valence-corrected chi connectivity index (χ1v) is 5.63. The molecule has 18 heavy (non-hydrogen) atoms. The normalized spacial score (nSPS) is 10.2. The number of nitrogen functional groups attached to an aromatic ring is 1. The van der Waals surface area contributed by atoms with Gasteiger partial charge in [-0.2, -0.15) is 0 Å². The number of hydrogen-bond donors (Lipinski definition) is 2. The maximum atomic E-state index is 13.6. The summed E-state index contributed by atoms with van der Waals surface area (Å²) >= 11 is 5.68. The molecule has 3 nitrogen and oxygen atoms in total. The van der Waals surface area contributed by atoms with Gasteiger partial charge >= 0.3 is 0 Å². The minimum atomic E-state index is -0.418. The summed E-state index contributed by atoms with van der Waals surface area (Å²) in [5.41, 5.74) is 7.25.